The van der Waals surface area contributed by atoms with E-state index in [1.807, 2.05) is 11.6 Å². The summed E-state index contributed by atoms with van der Waals surface area (Å²) in [5, 5.41) is 0. The van der Waals surface area contributed by atoms with Crippen molar-refractivity contribution < 1.29 is 51.0 Å². The fourth-order valence-corrected chi connectivity index (χ4v) is 1.42. The average Bonchev–Trinajstić information content (AvgIpc) is 1.62. The summed E-state index contributed by atoms with van der Waals surface area (Å²) >= 11 is 0. The minimum Gasteiger partial charge on any atom is -1.00 e. The molecule has 6 heteroatoms. The Labute approximate surface area is 104 Å². The average molecular weight is 264 g/mol. The van der Waals surface area contributed by atoms with Gasteiger partial charge in [0.15, 0.2) is 0 Å². The van der Waals surface area contributed by atoms with Gasteiger partial charge in [0.1, 0.15) is 0 Å². The molecule has 0 aromatic rings. The molecule has 0 aromatic carbocycles. The van der Waals surface area contributed by atoms with Crippen LogP contribution in [0.4, 0.5) is 0 Å². The van der Waals surface area contributed by atoms with Gasteiger partial charge in [-0.25, -0.2) is 0 Å². The van der Waals surface area contributed by atoms with Crippen LogP contribution in [-0.2, 0) is 26.2 Å². The Balaban J connectivity index is -0.000000107. The summed E-state index contributed by atoms with van der Waals surface area (Å²) in [7, 11) is 0.404. The Bertz CT molecular complexity index is 129. The fourth-order valence-electron chi connectivity index (χ4n) is 0.472. The van der Waals surface area contributed by atoms with Gasteiger partial charge in [-0.05, 0) is 27.3 Å². The molecule has 0 N–H and O–H groups in total. The second-order valence-electron chi connectivity index (χ2n) is 3.25. The van der Waals surface area contributed by atoms with Crippen molar-refractivity contribution in [3.8, 4) is 0 Å². The number of nitrogens with zero attached hydrogens (tertiary/aromatic N) is 1. The van der Waals surface area contributed by atoms with Gasteiger partial charge in [-0.1, -0.05) is 0 Å². The molecule has 0 spiro atoms. The minimum atomic E-state index is -1.49. The summed E-state index contributed by atoms with van der Waals surface area (Å²) in [4.78, 5) is 0. The molecule has 0 aliphatic carbocycles. The zero-order valence-electron chi connectivity index (χ0n) is 8.11. The monoisotopic (exact) mass is 263 g/mol. The van der Waals surface area contributed by atoms with Crippen molar-refractivity contribution in [1.29, 1.82) is 0 Å². The van der Waals surface area contributed by atoms with E-state index in [0.29, 0.717) is 0 Å². The van der Waals surface area contributed by atoms with E-state index in [0.717, 1.165) is 0 Å². The standard InChI is InChI=1S/C6H15NOSi.2ClH.Ti/c1-6(2,3)7(4)9(5)8;;;/h1-5H3;2*1H;/q;;;+4/p-2. The van der Waals surface area contributed by atoms with E-state index in [4.69, 9.17) is 0 Å². The van der Waals surface area contributed by atoms with E-state index in [-0.39, 0.29) is 52.1 Å². The van der Waals surface area contributed by atoms with Crippen LogP contribution in [0.15, 0.2) is 0 Å². The third-order valence-corrected chi connectivity index (χ3v) is 3.09. The van der Waals surface area contributed by atoms with Crippen LogP contribution < -0.4 is 24.8 Å². The van der Waals surface area contributed by atoms with Gasteiger partial charge in [-0.3, -0.25) is 0 Å². The molecule has 0 atom stereocenters. The first kappa shape index (κ1) is 23.2. The van der Waals surface area contributed by atoms with Gasteiger partial charge in [0.25, 0.3) is 0 Å². The molecule has 0 saturated carbocycles. The molecule has 0 fully saturated rings. The van der Waals surface area contributed by atoms with Gasteiger partial charge in [0.2, 0.25) is 0 Å². The Kier molecular flexibility index (Phi) is 16.8. The molecular formula is C6H15Cl2NOSiTi+2. The molecule has 0 aromatic heterocycles. The van der Waals surface area contributed by atoms with Crippen molar-refractivity contribution in [2.75, 3.05) is 7.05 Å². The second-order valence-corrected chi connectivity index (χ2v) is 4.96. The predicted molar refractivity (Wildman–Crippen MR) is 39.8 cm³/mol. The van der Waals surface area contributed by atoms with Crippen molar-refractivity contribution >= 4 is 8.84 Å². The summed E-state index contributed by atoms with van der Waals surface area (Å²) in [5.41, 5.74) is 0.0464. The molecule has 2 nitrogen and oxygen atoms in total. The zero-order chi connectivity index (χ0) is 7.65. The van der Waals surface area contributed by atoms with Crippen molar-refractivity contribution in [3.63, 3.8) is 0 Å². The molecule has 0 radical (unpaired) electrons. The van der Waals surface area contributed by atoms with Crippen LogP contribution in [0.1, 0.15) is 20.8 Å². The van der Waals surface area contributed by atoms with Crippen LogP contribution >= 0.6 is 0 Å². The molecular weight excluding hydrogens is 249 g/mol. The van der Waals surface area contributed by atoms with Gasteiger partial charge >= 0.3 is 30.6 Å². The van der Waals surface area contributed by atoms with E-state index in [1.54, 1.807) is 6.55 Å². The zero-order valence-corrected chi connectivity index (χ0v) is 12.2. The van der Waals surface area contributed by atoms with Gasteiger partial charge < -0.3 is 33.8 Å². The van der Waals surface area contributed by atoms with Gasteiger partial charge in [0.05, 0.1) is 0 Å². The van der Waals surface area contributed by atoms with Crippen LogP contribution in [0.2, 0.25) is 6.55 Å². The summed E-state index contributed by atoms with van der Waals surface area (Å²) in [5.74, 6) is 0. The molecule has 70 valence electrons. The number of hydrogen-bond acceptors (Lipinski definition) is 1. The van der Waals surface area contributed by atoms with Gasteiger partial charge in [-0.15, -0.1) is 0 Å². The van der Waals surface area contributed by atoms with Crippen LogP contribution in [-0.4, -0.2) is 26.0 Å². The van der Waals surface area contributed by atoms with Crippen molar-refractivity contribution in [3.05, 3.63) is 0 Å². The maximum absolute atomic E-state index is 10.9. The molecule has 0 amide bonds. The van der Waals surface area contributed by atoms with Gasteiger partial charge in [-0.2, -0.15) is 0 Å². The topological polar surface area (TPSA) is 20.3 Å². The fraction of sp³-hybridized carbons (Fsp3) is 1.00. The predicted octanol–water partition coefficient (Wildman–Crippen LogP) is -4.73. The Morgan fingerprint density at radius 2 is 1.42 bits per heavy atom. The normalized spacial score (nSPS) is 8.42. The smallest absolute Gasteiger partial charge is 1.00 e. The number of hydrogen-bond donors (Lipinski definition) is 0. The number of rotatable bonds is 1. The van der Waals surface area contributed by atoms with Gasteiger partial charge in [0, 0.05) is 12.6 Å². The largest absolute Gasteiger partial charge is 4.00 e. The van der Waals surface area contributed by atoms with E-state index >= 15 is 0 Å². The Hall–Kier alpha value is 1.11. The quantitative estimate of drug-likeness (QED) is 0.443. The molecule has 0 rings (SSSR count). The minimum absolute atomic E-state index is 0. The maximum Gasteiger partial charge on any atom is 4.00 e. The third-order valence-electron chi connectivity index (χ3n) is 1.48. The summed E-state index contributed by atoms with van der Waals surface area (Å²) in [6.07, 6.45) is 0. The van der Waals surface area contributed by atoms with Crippen LogP contribution in [0.5, 0.6) is 0 Å². The third kappa shape index (κ3) is 9.20. The molecule has 0 bridgehead atoms. The molecule has 12 heavy (non-hydrogen) atoms. The first-order valence-corrected chi connectivity index (χ1v) is 4.95. The van der Waals surface area contributed by atoms with E-state index < -0.39 is 8.84 Å². The SMILES string of the molecule is CN([Si](C)=O)C(C)(C)C.[Cl-].[Cl-].[Ti+4]. The van der Waals surface area contributed by atoms with Crippen LogP contribution in [0, 0.1) is 0 Å². The number of halogens is 2. The Morgan fingerprint density at radius 3 is 1.42 bits per heavy atom. The maximum atomic E-state index is 10.9. The summed E-state index contributed by atoms with van der Waals surface area (Å²) in [6.45, 7) is 7.92. The molecule has 0 heterocycles. The van der Waals surface area contributed by atoms with E-state index in [9.17, 15) is 4.46 Å². The van der Waals surface area contributed by atoms with Crippen molar-refractivity contribution in [2.45, 2.75) is 32.9 Å². The Morgan fingerprint density at radius 1 is 1.17 bits per heavy atom. The van der Waals surface area contributed by atoms with E-state index in [1.165, 1.54) is 0 Å². The van der Waals surface area contributed by atoms with E-state index in [2.05, 4.69) is 20.8 Å². The first-order chi connectivity index (χ1) is 3.85. The molecule has 0 aliphatic rings. The summed E-state index contributed by atoms with van der Waals surface area (Å²) in [6, 6.07) is 0. The second kappa shape index (κ2) is 8.70. The first-order valence-electron chi connectivity index (χ1n) is 3.10. The molecule has 0 unspecified atom stereocenters. The molecule has 0 saturated heterocycles. The van der Waals surface area contributed by atoms with Crippen molar-refractivity contribution in [2.24, 2.45) is 0 Å². The summed E-state index contributed by atoms with van der Waals surface area (Å²) < 4.78 is 12.8. The molecule has 0 aliphatic heterocycles. The van der Waals surface area contributed by atoms with Crippen molar-refractivity contribution in [1.82, 2.24) is 4.57 Å². The van der Waals surface area contributed by atoms with Crippen LogP contribution in [0.3, 0.4) is 0 Å². The van der Waals surface area contributed by atoms with Crippen LogP contribution in [0.25, 0.3) is 0 Å².